The minimum absolute atomic E-state index is 0. The molecule has 0 aliphatic heterocycles. The summed E-state index contributed by atoms with van der Waals surface area (Å²) < 4.78 is 5.73. The van der Waals surface area contributed by atoms with Gasteiger partial charge in [-0.05, 0) is 41.1 Å². The fourth-order valence-corrected chi connectivity index (χ4v) is 3.29. The third-order valence-corrected chi connectivity index (χ3v) is 6.85. The normalized spacial score (nSPS) is 11.9. The maximum absolute atomic E-state index is 11.8. The predicted molar refractivity (Wildman–Crippen MR) is 148 cm³/mol. The Hall–Kier alpha value is -3.01. The molecule has 0 fully saturated rings. The van der Waals surface area contributed by atoms with Crippen LogP contribution in [0.5, 0.6) is 11.6 Å². The van der Waals surface area contributed by atoms with Crippen LogP contribution in [0, 0.1) is 16.9 Å². The van der Waals surface area contributed by atoms with Crippen molar-refractivity contribution < 1.29 is 34.7 Å². The summed E-state index contributed by atoms with van der Waals surface area (Å²) in [6.45, 7) is 11.7. The molecule has 0 amide bonds. The number of allylic oxidation sites excluding steroid dienone is 2. The summed E-state index contributed by atoms with van der Waals surface area (Å²) >= 11 is 0. The van der Waals surface area contributed by atoms with Crippen molar-refractivity contribution in [1.29, 1.82) is 0 Å². The van der Waals surface area contributed by atoms with Crippen LogP contribution in [0.15, 0.2) is 84.8 Å². The van der Waals surface area contributed by atoms with E-state index in [0.29, 0.717) is 11.6 Å². The smallest absolute Gasteiger partial charge is 0.217 e. The number of carbonyl (C=O) groups excluding carboxylic acids is 1. The van der Waals surface area contributed by atoms with Crippen molar-refractivity contribution in [1.82, 2.24) is 4.98 Å². The molecule has 0 bridgehead atoms. The first-order valence-electron chi connectivity index (χ1n) is 12.4. The molecule has 3 aromatic carbocycles. The molecule has 0 aliphatic carbocycles. The second-order valence-electron chi connectivity index (χ2n) is 10.3. The summed E-state index contributed by atoms with van der Waals surface area (Å²) in [7, 11) is 0. The van der Waals surface area contributed by atoms with Crippen LogP contribution in [-0.2, 0) is 24.9 Å². The van der Waals surface area contributed by atoms with Gasteiger partial charge in [-0.15, -0.1) is 12.1 Å². The van der Waals surface area contributed by atoms with Crippen molar-refractivity contribution in [3.8, 4) is 11.6 Å². The third kappa shape index (κ3) is 7.98. The summed E-state index contributed by atoms with van der Waals surface area (Å²) in [5.41, 5.74) is -0.683. The number of para-hydroxylation sites is 1. The van der Waals surface area contributed by atoms with E-state index in [1.54, 1.807) is 0 Å². The molecule has 1 heterocycles. The number of benzene rings is 3. The maximum atomic E-state index is 11.8. The number of carbonyl (C=O) groups is 1. The third-order valence-electron chi connectivity index (χ3n) is 6.85. The molecule has 0 saturated heterocycles. The van der Waals surface area contributed by atoms with Crippen LogP contribution in [0.3, 0.4) is 0 Å². The SMILES string of the molecule is CCC(C)(C)C(=O)/C=C(\O)C(C)(C)CC.[Ir].[c-]1ccccc1Oc1cc2cc3ccccc3cc2cn1. The van der Waals surface area contributed by atoms with E-state index in [1.807, 2.05) is 90.2 Å². The molecule has 197 valence electrons. The Balaban J connectivity index is 0.000000271. The summed E-state index contributed by atoms with van der Waals surface area (Å²) in [6.07, 6.45) is 4.84. The van der Waals surface area contributed by atoms with Gasteiger partial charge in [-0.1, -0.05) is 65.8 Å². The molecule has 0 spiro atoms. The Labute approximate surface area is 234 Å². The number of rotatable bonds is 7. The molecule has 37 heavy (non-hydrogen) atoms. The van der Waals surface area contributed by atoms with Crippen molar-refractivity contribution in [2.75, 3.05) is 0 Å². The standard InChI is InChI=1S/C19H12NO.C13H24O2.Ir/c1-2-8-18(9-3-1)21-19-12-16-10-14-6-4-5-7-15(14)11-17(16)13-20-19;1-7-12(3,4)10(14)9-11(15)13(5,6)8-2;/h1-8,10-13H;9,14H,7-8H2,1-6H3;/q-1;;/b;10-9-;. The zero-order chi connectivity index (χ0) is 26.3. The number of aromatic nitrogens is 1. The van der Waals surface area contributed by atoms with Gasteiger partial charge in [-0.2, -0.15) is 18.2 Å². The fourth-order valence-electron chi connectivity index (χ4n) is 3.29. The molecule has 1 radical (unpaired) electrons. The first-order valence-corrected chi connectivity index (χ1v) is 12.4. The molecule has 1 N–H and O–H groups in total. The predicted octanol–water partition coefficient (Wildman–Crippen LogP) is 8.85. The summed E-state index contributed by atoms with van der Waals surface area (Å²) in [4.78, 5) is 16.2. The molecule has 1 aromatic heterocycles. The molecule has 0 unspecified atom stereocenters. The van der Waals surface area contributed by atoms with Gasteiger partial charge in [0.1, 0.15) is 5.76 Å². The Bertz CT molecular complexity index is 1360. The minimum atomic E-state index is -0.377. The Morgan fingerprint density at radius 2 is 1.49 bits per heavy atom. The van der Waals surface area contributed by atoms with Crippen LogP contribution in [0.1, 0.15) is 54.4 Å². The molecule has 4 rings (SSSR count). The van der Waals surface area contributed by atoms with Gasteiger partial charge in [-0.25, -0.2) is 4.98 Å². The quantitative estimate of drug-likeness (QED) is 0.0921. The van der Waals surface area contributed by atoms with Crippen molar-refractivity contribution >= 4 is 27.3 Å². The second kappa shape index (κ2) is 13.0. The van der Waals surface area contributed by atoms with Crippen LogP contribution < -0.4 is 4.74 Å². The van der Waals surface area contributed by atoms with Crippen LogP contribution in [0.25, 0.3) is 21.5 Å². The number of aliphatic hydroxyl groups is 1. The van der Waals surface area contributed by atoms with E-state index in [-0.39, 0.29) is 42.5 Å². The molecule has 0 atom stereocenters. The minimum Gasteiger partial charge on any atom is -0.512 e. The number of ether oxygens (including phenoxy) is 1. The number of aliphatic hydroxyl groups excluding tert-OH is 1. The zero-order valence-corrected chi connectivity index (χ0v) is 24.9. The molecule has 0 aliphatic rings. The number of fused-ring (bicyclic) bond motifs is 2. The van der Waals surface area contributed by atoms with Crippen LogP contribution in [0.2, 0.25) is 0 Å². The van der Waals surface area contributed by atoms with Gasteiger partial charge in [0.15, 0.2) is 5.78 Å². The van der Waals surface area contributed by atoms with E-state index in [0.717, 1.165) is 23.6 Å². The van der Waals surface area contributed by atoms with E-state index < -0.39 is 0 Å². The number of hydrogen-bond donors (Lipinski definition) is 1. The Kier molecular flexibility index (Phi) is 10.6. The maximum Gasteiger partial charge on any atom is 0.217 e. The van der Waals surface area contributed by atoms with Crippen molar-refractivity contribution in [2.24, 2.45) is 10.8 Å². The van der Waals surface area contributed by atoms with Gasteiger partial charge in [-0.3, -0.25) is 4.79 Å². The average Bonchev–Trinajstić information content (AvgIpc) is 2.88. The number of hydrogen-bond acceptors (Lipinski definition) is 4. The number of nitrogens with zero attached hydrogens (tertiary/aromatic N) is 1. The average molecular weight is 675 g/mol. The van der Waals surface area contributed by atoms with Gasteiger partial charge in [0.2, 0.25) is 5.88 Å². The van der Waals surface area contributed by atoms with Crippen molar-refractivity contribution in [2.45, 2.75) is 54.4 Å². The van der Waals surface area contributed by atoms with Gasteiger partial charge in [0, 0.05) is 60.4 Å². The molecular weight excluding hydrogens is 639 g/mol. The monoisotopic (exact) mass is 675 g/mol. The van der Waals surface area contributed by atoms with Crippen LogP contribution >= 0.6 is 0 Å². The van der Waals surface area contributed by atoms with Gasteiger partial charge < -0.3 is 9.84 Å². The number of ketones is 1. The first kappa shape index (κ1) is 30.2. The Morgan fingerprint density at radius 3 is 2.05 bits per heavy atom. The molecular formula is C32H36IrNO3-. The Morgan fingerprint density at radius 1 is 0.892 bits per heavy atom. The summed E-state index contributed by atoms with van der Waals surface area (Å²) in [6, 6.07) is 25.1. The summed E-state index contributed by atoms with van der Waals surface area (Å²) in [5, 5.41) is 14.5. The van der Waals surface area contributed by atoms with Crippen LogP contribution in [-0.4, -0.2) is 15.9 Å². The fraction of sp³-hybridized carbons (Fsp3) is 0.312. The second-order valence-corrected chi connectivity index (χ2v) is 10.3. The van der Waals surface area contributed by atoms with Crippen molar-refractivity contribution in [3.05, 3.63) is 90.8 Å². The molecule has 0 saturated carbocycles. The molecule has 4 aromatic rings. The summed E-state index contributed by atoms with van der Waals surface area (Å²) in [5.74, 6) is 1.45. The topological polar surface area (TPSA) is 59.4 Å². The number of pyridine rings is 1. The van der Waals surface area contributed by atoms with Crippen LogP contribution in [0.4, 0.5) is 0 Å². The molecule has 5 heteroatoms. The van der Waals surface area contributed by atoms with E-state index in [1.165, 1.54) is 16.8 Å². The largest absolute Gasteiger partial charge is 0.512 e. The van der Waals surface area contributed by atoms with Crippen molar-refractivity contribution in [3.63, 3.8) is 0 Å². The molecule has 4 nitrogen and oxygen atoms in total. The van der Waals surface area contributed by atoms with E-state index >= 15 is 0 Å². The first-order chi connectivity index (χ1) is 17.1. The van der Waals surface area contributed by atoms with E-state index in [2.05, 4.69) is 35.3 Å². The van der Waals surface area contributed by atoms with Gasteiger partial charge in [0.05, 0.1) is 0 Å². The van der Waals surface area contributed by atoms with Gasteiger partial charge in [0.25, 0.3) is 0 Å². The van der Waals surface area contributed by atoms with Gasteiger partial charge >= 0.3 is 0 Å². The van der Waals surface area contributed by atoms with E-state index in [4.69, 9.17) is 4.74 Å². The zero-order valence-electron chi connectivity index (χ0n) is 22.5. The van der Waals surface area contributed by atoms with E-state index in [9.17, 15) is 9.90 Å².